The SMILES string of the molecule is CC(C)OC(=O)CNO[n+]1ccccc1.COc1ccncc1C1CN(C=O)C1.NC(=O)c1cc2cc(C(F)P)ccc2s1.O=C1CCCCC2CCCN12. The van der Waals surface area contributed by atoms with Crippen molar-refractivity contribution < 1.29 is 42.7 Å². The van der Waals surface area contributed by atoms with Gasteiger partial charge in [-0.1, -0.05) is 33.3 Å². The number of nitrogens with one attached hydrogen (secondary N) is 1. The molecule has 3 saturated heterocycles. The van der Waals surface area contributed by atoms with Crippen LogP contribution in [0.1, 0.15) is 85.0 Å². The summed E-state index contributed by atoms with van der Waals surface area (Å²) in [5.74, 6) is -0.224. The number of halogens is 1. The first-order valence-corrected chi connectivity index (χ1v) is 19.7. The average molecular weight is 798 g/mol. The van der Waals surface area contributed by atoms with Crippen molar-refractivity contribution in [1.29, 1.82) is 0 Å². The molecule has 0 bridgehead atoms. The number of ether oxygens (including phenoxy) is 2. The first-order chi connectivity index (χ1) is 26.5. The number of hydroxylamine groups is 1. The predicted molar refractivity (Wildman–Crippen MR) is 211 cm³/mol. The molecule has 6 heterocycles. The summed E-state index contributed by atoms with van der Waals surface area (Å²) in [7, 11) is 3.74. The van der Waals surface area contributed by atoms with E-state index in [0.29, 0.717) is 28.3 Å². The van der Waals surface area contributed by atoms with Gasteiger partial charge in [-0.25, -0.2) is 4.39 Å². The van der Waals surface area contributed by atoms with Crippen LogP contribution in [-0.4, -0.2) is 84.4 Å². The summed E-state index contributed by atoms with van der Waals surface area (Å²) in [4.78, 5) is 57.3. The number of carbonyl (C=O) groups excluding carboxylic acids is 4. The topological polar surface area (TPSA) is 157 Å². The summed E-state index contributed by atoms with van der Waals surface area (Å²) in [5, 5.41) is 0.858. The van der Waals surface area contributed by atoms with Gasteiger partial charge in [0.15, 0.2) is 0 Å². The molecule has 0 aliphatic carbocycles. The molecule has 7 rings (SSSR count). The highest BCUT2D eigenvalue weighted by molar-refractivity contribution is 7.20. The molecule has 296 valence electrons. The minimum atomic E-state index is -1.08. The number of fused-ring (bicyclic) bond motifs is 2. The van der Waals surface area contributed by atoms with Crippen LogP contribution < -0.4 is 25.6 Å². The summed E-state index contributed by atoms with van der Waals surface area (Å²) in [6.45, 7) is 6.18. The third-order valence-electron chi connectivity index (χ3n) is 8.95. The number of primary amides is 1. The molecule has 3 amide bonds. The molecule has 3 atom stereocenters. The minimum absolute atomic E-state index is 0.0140. The molecule has 1 aromatic carbocycles. The normalized spacial score (nSPS) is 16.8. The highest BCUT2D eigenvalue weighted by Gasteiger charge is 2.30. The third-order valence-corrected chi connectivity index (χ3v) is 10.5. The highest BCUT2D eigenvalue weighted by Crippen LogP contribution is 2.33. The number of rotatable bonds is 10. The molecule has 3 unspecified atom stereocenters. The molecular formula is C39H51FN6O7PS+. The molecule has 3 aliphatic heterocycles. The first kappa shape index (κ1) is 43.0. The van der Waals surface area contributed by atoms with E-state index in [-0.39, 0.29) is 18.6 Å². The second kappa shape index (κ2) is 22.0. The number of aromatic nitrogens is 2. The van der Waals surface area contributed by atoms with Crippen LogP contribution in [0.15, 0.2) is 73.3 Å². The molecule has 0 radical (unpaired) electrons. The van der Waals surface area contributed by atoms with Crippen LogP contribution in [0.5, 0.6) is 5.75 Å². The number of benzene rings is 1. The maximum Gasteiger partial charge on any atom is 0.323 e. The second-order valence-electron chi connectivity index (χ2n) is 13.4. The Kier molecular flexibility index (Phi) is 17.2. The van der Waals surface area contributed by atoms with E-state index in [4.69, 9.17) is 20.1 Å². The lowest BCUT2D eigenvalue weighted by Crippen LogP contribution is -2.50. The molecule has 3 fully saturated rings. The number of carbonyl (C=O) groups is 4. The fourth-order valence-electron chi connectivity index (χ4n) is 6.21. The molecule has 4 aromatic rings. The van der Waals surface area contributed by atoms with E-state index in [1.165, 1.54) is 41.8 Å². The van der Waals surface area contributed by atoms with Crippen molar-refractivity contribution in [3.63, 3.8) is 0 Å². The van der Waals surface area contributed by atoms with E-state index in [1.807, 2.05) is 30.5 Å². The molecule has 55 heavy (non-hydrogen) atoms. The van der Waals surface area contributed by atoms with Gasteiger partial charge in [-0.2, -0.15) is 4.94 Å². The van der Waals surface area contributed by atoms with E-state index in [0.717, 1.165) is 60.3 Å². The van der Waals surface area contributed by atoms with Gasteiger partial charge in [0.05, 0.1) is 18.1 Å². The molecule has 3 N–H and O–H groups in total. The Balaban J connectivity index is 0.000000164. The van der Waals surface area contributed by atoms with Crippen LogP contribution in [0.25, 0.3) is 10.1 Å². The molecule has 0 saturated carbocycles. The zero-order valence-electron chi connectivity index (χ0n) is 31.5. The zero-order chi connectivity index (χ0) is 39.7. The third kappa shape index (κ3) is 13.5. The summed E-state index contributed by atoms with van der Waals surface area (Å²) < 4.78 is 25.5. The number of thiophene rings is 1. The van der Waals surface area contributed by atoms with Gasteiger partial charge >= 0.3 is 5.97 Å². The predicted octanol–water partition coefficient (Wildman–Crippen LogP) is 4.90. The molecular weight excluding hydrogens is 747 g/mol. The average Bonchev–Trinajstić information content (AvgIpc) is 3.78. The van der Waals surface area contributed by atoms with Gasteiger partial charge in [0.1, 0.15) is 18.2 Å². The number of esters is 1. The smallest absolute Gasteiger partial charge is 0.323 e. The lowest BCUT2D eigenvalue weighted by molar-refractivity contribution is -0.904. The minimum Gasteiger partial charge on any atom is -0.496 e. The molecule has 16 heteroatoms. The summed E-state index contributed by atoms with van der Waals surface area (Å²) in [6.07, 6.45) is 14.6. The van der Waals surface area contributed by atoms with E-state index >= 15 is 0 Å². The summed E-state index contributed by atoms with van der Waals surface area (Å²) >= 11 is 1.32. The Hall–Kier alpha value is -4.72. The monoisotopic (exact) mass is 797 g/mol. The van der Waals surface area contributed by atoms with E-state index in [2.05, 4.69) is 24.6 Å². The standard InChI is InChI=1S/C10H9FNOPS.C10H15N2O3.C10H12N2O2.C9H15NO/c11-9(14)5-1-2-7-6(3-5)4-8(15-7)10(12)13;1-9(2)14-10(13)8-11-15-12-6-4-3-5-7-12;1-14-10-2-3-11-4-9(10)8-5-12(6-8)7-13;11-9-6-2-1-4-8-5-3-7-10(8)9/h1-4,9H,14H2,(H2,12,13);3-7,9,11H,8H2,1-2H3;2-4,7-8H,5-6H2,1H3;8H,1-7H2/q;+1;;. The number of amides is 3. The number of hydrogen-bond donors (Lipinski definition) is 2. The van der Waals surface area contributed by atoms with Crippen molar-refractivity contribution in [3.05, 3.63) is 89.3 Å². The van der Waals surface area contributed by atoms with Crippen LogP contribution in [0, 0.1) is 0 Å². The zero-order valence-corrected chi connectivity index (χ0v) is 33.4. The van der Waals surface area contributed by atoms with Crippen LogP contribution in [0.3, 0.4) is 0 Å². The number of hydrogen-bond acceptors (Lipinski definition) is 10. The number of alkyl halides is 1. The fourth-order valence-corrected chi connectivity index (χ4v) is 7.32. The van der Waals surface area contributed by atoms with Crippen molar-refractivity contribution in [2.24, 2.45) is 5.73 Å². The van der Waals surface area contributed by atoms with Gasteiger partial charge in [0, 0.05) is 77.5 Å². The maximum atomic E-state index is 13.0. The van der Waals surface area contributed by atoms with E-state index in [9.17, 15) is 23.6 Å². The first-order valence-electron chi connectivity index (χ1n) is 18.2. The van der Waals surface area contributed by atoms with Crippen LogP contribution in [-0.2, 0) is 19.1 Å². The lowest BCUT2D eigenvalue weighted by atomic mass is 9.93. The van der Waals surface area contributed by atoms with Crippen LogP contribution in [0.2, 0.25) is 0 Å². The summed E-state index contributed by atoms with van der Waals surface area (Å²) in [5.41, 5.74) is 9.34. The number of likely N-dealkylation sites (tertiary alicyclic amines) is 1. The number of methoxy groups -OCH3 is 1. The molecule has 13 nitrogen and oxygen atoms in total. The van der Waals surface area contributed by atoms with E-state index in [1.54, 1.807) is 68.7 Å². The number of nitrogens with zero attached hydrogens (tertiary/aromatic N) is 4. The van der Waals surface area contributed by atoms with Gasteiger partial charge in [-0.05, 0) is 74.7 Å². The largest absolute Gasteiger partial charge is 0.496 e. The molecule has 0 spiro atoms. The van der Waals surface area contributed by atoms with Gasteiger partial charge < -0.3 is 25.0 Å². The van der Waals surface area contributed by atoms with Gasteiger partial charge in [0.25, 0.3) is 5.91 Å². The Morgan fingerprint density at radius 1 is 1.13 bits per heavy atom. The van der Waals surface area contributed by atoms with Crippen molar-refractivity contribution in [2.45, 2.75) is 76.3 Å². The maximum absolute atomic E-state index is 13.0. The molecule has 3 aromatic heterocycles. The number of pyridine rings is 2. The van der Waals surface area contributed by atoms with Gasteiger partial charge in [-0.3, -0.25) is 24.2 Å². The van der Waals surface area contributed by atoms with Crippen LogP contribution in [0.4, 0.5) is 4.39 Å². The Labute approximate surface area is 327 Å². The van der Waals surface area contributed by atoms with Gasteiger partial charge in [0.2, 0.25) is 24.7 Å². The quantitative estimate of drug-likeness (QED) is 0.0750. The van der Waals surface area contributed by atoms with Crippen molar-refractivity contribution >= 4 is 54.9 Å². The highest BCUT2D eigenvalue weighted by atomic mass is 32.1. The second-order valence-corrected chi connectivity index (χ2v) is 15.0. The van der Waals surface area contributed by atoms with Crippen molar-refractivity contribution in [2.75, 3.05) is 33.3 Å². The van der Waals surface area contributed by atoms with Crippen LogP contribution >= 0.6 is 20.6 Å². The fraction of sp³-hybridized carbons (Fsp3) is 0.436. The summed E-state index contributed by atoms with van der Waals surface area (Å²) in [6, 6.07) is 14.9. The van der Waals surface area contributed by atoms with E-state index < -0.39 is 11.8 Å². The Morgan fingerprint density at radius 2 is 1.87 bits per heavy atom. The Morgan fingerprint density at radius 3 is 2.55 bits per heavy atom. The van der Waals surface area contributed by atoms with Gasteiger partial charge in [-0.15, -0.1) is 11.3 Å². The van der Waals surface area contributed by atoms with Crippen molar-refractivity contribution in [1.82, 2.24) is 20.3 Å². The molecule has 3 aliphatic rings. The van der Waals surface area contributed by atoms with Crippen molar-refractivity contribution in [3.8, 4) is 5.75 Å². The number of nitrogens with two attached hydrogens (primary N) is 1. The lowest BCUT2D eigenvalue weighted by Gasteiger charge is -2.36. The Bertz CT molecular complexity index is 1840.